The van der Waals surface area contributed by atoms with Gasteiger partial charge in [-0.15, -0.1) is 11.3 Å². The number of nitrogens with one attached hydrogen (secondary N) is 1. The number of hydrogen-bond acceptors (Lipinski definition) is 4. The van der Waals surface area contributed by atoms with Crippen molar-refractivity contribution in [2.24, 2.45) is 0 Å². The Kier molecular flexibility index (Phi) is 6.04. The predicted molar refractivity (Wildman–Crippen MR) is 120 cm³/mol. The van der Waals surface area contributed by atoms with Gasteiger partial charge in [0.05, 0.1) is 4.88 Å². The molecule has 0 bridgehead atoms. The van der Waals surface area contributed by atoms with E-state index in [1.54, 1.807) is 0 Å². The molecule has 0 radical (unpaired) electrons. The molecule has 156 valence electrons. The number of benzene rings is 2. The van der Waals surface area contributed by atoms with Crippen LogP contribution in [0.15, 0.2) is 54.6 Å². The lowest BCUT2D eigenvalue weighted by Gasteiger charge is -2.18. The Bertz CT molecular complexity index is 1050. The van der Waals surface area contributed by atoms with E-state index >= 15 is 0 Å². The Labute approximate surface area is 180 Å². The molecule has 30 heavy (non-hydrogen) atoms. The van der Waals surface area contributed by atoms with Crippen LogP contribution in [0.25, 0.3) is 10.1 Å². The second kappa shape index (κ2) is 8.88. The molecule has 6 heteroatoms. The molecule has 1 saturated heterocycles. The number of para-hydroxylation sites is 1. The molecule has 2 heterocycles. The van der Waals surface area contributed by atoms with Crippen molar-refractivity contribution in [2.45, 2.75) is 32.2 Å². The molecule has 0 saturated carbocycles. The van der Waals surface area contributed by atoms with E-state index in [4.69, 9.17) is 4.74 Å². The first kappa shape index (κ1) is 20.4. The van der Waals surface area contributed by atoms with Crippen LogP contribution < -0.4 is 10.1 Å². The summed E-state index contributed by atoms with van der Waals surface area (Å²) in [7, 11) is 0. The van der Waals surface area contributed by atoms with E-state index in [1.807, 2.05) is 61.2 Å². The number of nitrogens with zero attached hydrogens (tertiary/aromatic N) is 1. The van der Waals surface area contributed by atoms with Crippen LogP contribution in [0.2, 0.25) is 0 Å². The highest BCUT2D eigenvalue weighted by Crippen LogP contribution is 2.40. The van der Waals surface area contributed by atoms with E-state index in [-0.39, 0.29) is 30.4 Å². The summed E-state index contributed by atoms with van der Waals surface area (Å²) >= 11 is 1.54. The number of fused-ring (bicyclic) bond motifs is 1. The van der Waals surface area contributed by atoms with Crippen LogP contribution in [0.3, 0.4) is 0 Å². The summed E-state index contributed by atoms with van der Waals surface area (Å²) in [5, 5.41) is 4.15. The summed E-state index contributed by atoms with van der Waals surface area (Å²) in [6, 6.07) is 17.6. The highest BCUT2D eigenvalue weighted by molar-refractivity contribution is 7.21. The van der Waals surface area contributed by atoms with Gasteiger partial charge in [-0.05, 0) is 49.4 Å². The third kappa shape index (κ3) is 4.33. The Morgan fingerprint density at radius 2 is 1.87 bits per heavy atom. The molecule has 1 unspecified atom stereocenters. The molecule has 0 aliphatic carbocycles. The Morgan fingerprint density at radius 1 is 1.13 bits per heavy atom. The lowest BCUT2D eigenvalue weighted by atomic mass is 9.95. The normalized spacial score (nSPS) is 16.2. The molecule has 3 aromatic rings. The molecule has 1 N–H and O–H groups in total. The van der Waals surface area contributed by atoms with Crippen LogP contribution in [-0.2, 0) is 4.79 Å². The fourth-order valence-electron chi connectivity index (χ4n) is 3.94. The van der Waals surface area contributed by atoms with E-state index in [0.29, 0.717) is 18.8 Å². The monoisotopic (exact) mass is 422 g/mol. The molecule has 1 aliphatic rings. The minimum atomic E-state index is -0.0293. The maximum Gasteiger partial charge on any atom is 0.261 e. The first-order chi connectivity index (χ1) is 14.5. The average Bonchev–Trinajstić information content (AvgIpc) is 3.37. The fraction of sp³-hybridized carbons (Fsp3) is 0.333. The summed E-state index contributed by atoms with van der Waals surface area (Å²) in [5.41, 5.74) is 1.08. The predicted octanol–water partition coefficient (Wildman–Crippen LogP) is 4.43. The van der Waals surface area contributed by atoms with Gasteiger partial charge in [-0.25, -0.2) is 0 Å². The van der Waals surface area contributed by atoms with Crippen LogP contribution >= 0.6 is 11.3 Å². The van der Waals surface area contributed by atoms with Gasteiger partial charge >= 0.3 is 0 Å². The van der Waals surface area contributed by atoms with Crippen molar-refractivity contribution in [3.63, 3.8) is 0 Å². The Hall–Kier alpha value is -2.86. The summed E-state index contributed by atoms with van der Waals surface area (Å²) in [4.78, 5) is 28.2. The van der Waals surface area contributed by atoms with Crippen molar-refractivity contribution in [1.82, 2.24) is 10.2 Å². The Morgan fingerprint density at radius 3 is 2.63 bits per heavy atom. The lowest BCUT2D eigenvalue weighted by molar-refractivity contribution is -0.132. The van der Waals surface area contributed by atoms with Crippen molar-refractivity contribution in [1.29, 1.82) is 0 Å². The van der Waals surface area contributed by atoms with Gasteiger partial charge < -0.3 is 15.0 Å². The van der Waals surface area contributed by atoms with Crippen LogP contribution in [0.4, 0.5) is 0 Å². The third-order valence-corrected chi connectivity index (χ3v) is 6.50. The molecule has 2 aromatic carbocycles. The van der Waals surface area contributed by atoms with Gasteiger partial charge in [0.25, 0.3) is 11.8 Å². The van der Waals surface area contributed by atoms with Crippen LogP contribution in [0, 0.1) is 0 Å². The van der Waals surface area contributed by atoms with Crippen molar-refractivity contribution < 1.29 is 14.3 Å². The van der Waals surface area contributed by atoms with E-state index in [0.717, 1.165) is 26.9 Å². The van der Waals surface area contributed by atoms with Crippen LogP contribution in [0.5, 0.6) is 5.75 Å². The molecular formula is C24H26N2O3S. The van der Waals surface area contributed by atoms with Crippen molar-refractivity contribution >= 4 is 33.2 Å². The largest absolute Gasteiger partial charge is 0.484 e. The van der Waals surface area contributed by atoms with E-state index in [9.17, 15) is 9.59 Å². The van der Waals surface area contributed by atoms with Gasteiger partial charge in [0, 0.05) is 29.7 Å². The van der Waals surface area contributed by atoms with E-state index in [1.165, 1.54) is 11.3 Å². The van der Waals surface area contributed by atoms with Crippen molar-refractivity contribution in [2.75, 3.05) is 19.7 Å². The standard InChI is InChI=1S/C24H26N2O3S/c1-16(2)25-24(28)23-22(19-10-6-7-11-20(19)30-23)17-12-13-26(14-17)21(27)15-29-18-8-4-3-5-9-18/h3-11,16-17H,12-15H2,1-2H3,(H,25,28). The summed E-state index contributed by atoms with van der Waals surface area (Å²) in [5.74, 6) is 0.792. The zero-order valence-corrected chi connectivity index (χ0v) is 18.1. The minimum absolute atomic E-state index is 0.0194. The topological polar surface area (TPSA) is 58.6 Å². The van der Waals surface area contributed by atoms with Gasteiger partial charge in [-0.3, -0.25) is 9.59 Å². The zero-order chi connectivity index (χ0) is 21.1. The number of carbonyl (C=O) groups excluding carboxylic acids is 2. The number of ether oxygens (including phenoxy) is 1. The van der Waals surface area contributed by atoms with Gasteiger partial charge in [0.2, 0.25) is 0 Å². The zero-order valence-electron chi connectivity index (χ0n) is 17.3. The third-order valence-electron chi connectivity index (χ3n) is 5.31. The maximum atomic E-state index is 12.9. The van der Waals surface area contributed by atoms with Crippen molar-refractivity contribution in [3.8, 4) is 5.75 Å². The first-order valence-corrected chi connectivity index (χ1v) is 11.1. The summed E-state index contributed by atoms with van der Waals surface area (Å²) in [6.07, 6.45) is 0.847. The number of rotatable bonds is 6. The average molecular weight is 423 g/mol. The number of amides is 2. The Balaban J connectivity index is 1.52. The second-order valence-electron chi connectivity index (χ2n) is 7.90. The minimum Gasteiger partial charge on any atom is -0.484 e. The van der Waals surface area contributed by atoms with E-state index in [2.05, 4.69) is 17.4 Å². The molecular weight excluding hydrogens is 396 g/mol. The molecule has 2 amide bonds. The summed E-state index contributed by atoms with van der Waals surface area (Å²) in [6.45, 7) is 5.25. The second-order valence-corrected chi connectivity index (χ2v) is 8.95. The number of carbonyl (C=O) groups is 2. The van der Waals surface area contributed by atoms with Gasteiger partial charge in [0.15, 0.2) is 6.61 Å². The molecule has 1 atom stereocenters. The molecule has 1 fully saturated rings. The SMILES string of the molecule is CC(C)NC(=O)c1sc2ccccc2c1C1CCN(C(=O)COc2ccccc2)C1. The molecule has 1 aromatic heterocycles. The maximum absolute atomic E-state index is 12.9. The van der Waals surface area contributed by atoms with Gasteiger partial charge in [-0.2, -0.15) is 0 Å². The lowest BCUT2D eigenvalue weighted by Crippen LogP contribution is -2.33. The highest BCUT2D eigenvalue weighted by atomic mass is 32.1. The number of likely N-dealkylation sites (tertiary alicyclic amines) is 1. The van der Waals surface area contributed by atoms with Crippen molar-refractivity contribution in [3.05, 3.63) is 65.0 Å². The molecule has 5 nitrogen and oxygen atoms in total. The van der Waals surface area contributed by atoms with Gasteiger partial charge in [-0.1, -0.05) is 36.4 Å². The quantitative estimate of drug-likeness (QED) is 0.639. The van der Waals surface area contributed by atoms with Crippen LogP contribution in [0.1, 0.15) is 41.4 Å². The molecule has 1 aliphatic heterocycles. The fourth-order valence-corrected chi connectivity index (χ4v) is 5.14. The smallest absolute Gasteiger partial charge is 0.261 e. The van der Waals surface area contributed by atoms with Gasteiger partial charge in [0.1, 0.15) is 5.75 Å². The molecule has 4 rings (SSSR count). The van der Waals surface area contributed by atoms with E-state index < -0.39 is 0 Å². The number of thiophene rings is 1. The summed E-state index contributed by atoms with van der Waals surface area (Å²) < 4.78 is 6.74. The highest BCUT2D eigenvalue weighted by Gasteiger charge is 2.32. The number of hydrogen-bond donors (Lipinski definition) is 1. The first-order valence-electron chi connectivity index (χ1n) is 10.3. The van der Waals surface area contributed by atoms with Crippen LogP contribution in [-0.4, -0.2) is 42.5 Å². The molecule has 0 spiro atoms.